The van der Waals surface area contributed by atoms with Gasteiger partial charge >= 0.3 is 18.0 Å². The number of esters is 2. The zero-order chi connectivity index (χ0) is 25.4. The molecule has 0 radical (unpaired) electrons. The standard InChI is InChI=1S/C23H25N3O9/c1-4-33-22(29)19-14(25-23(30)26-20(19)16-6-5-9-34-16)12-35-18(27)11-24-21(28)13-7-8-15(31-2)17(10-13)32-3/h5-10,20H,4,11-12H2,1-3H3,(H,24,28)(H2,25,26,30). The van der Waals surface area contributed by atoms with Crippen LogP contribution in [-0.4, -0.2) is 57.9 Å². The summed E-state index contributed by atoms with van der Waals surface area (Å²) in [4.78, 5) is 49.4. The van der Waals surface area contributed by atoms with E-state index in [1.165, 1.54) is 32.6 Å². The Morgan fingerprint density at radius 1 is 1.09 bits per heavy atom. The van der Waals surface area contributed by atoms with Crippen molar-refractivity contribution in [2.24, 2.45) is 0 Å². The first-order chi connectivity index (χ1) is 16.9. The van der Waals surface area contributed by atoms with Crippen LogP contribution >= 0.6 is 0 Å². The van der Waals surface area contributed by atoms with Crippen LogP contribution in [0.2, 0.25) is 0 Å². The number of ether oxygens (including phenoxy) is 4. The Bertz CT molecular complexity index is 1130. The van der Waals surface area contributed by atoms with Crippen LogP contribution < -0.4 is 25.4 Å². The Balaban J connectivity index is 1.67. The molecule has 3 N–H and O–H groups in total. The molecule has 0 fully saturated rings. The minimum atomic E-state index is -0.934. The third-order valence-corrected chi connectivity index (χ3v) is 4.89. The summed E-state index contributed by atoms with van der Waals surface area (Å²) in [5.41, 5.74) is 0.311. The number of benzene rings is 1. The largest absolute Gasteiger partial charge is 0.493 e. The molecule has 2 heterocycles. The van der Waals surface area contributed by atoms with Crippen molar-refractivity contribution < 1.29 is 42.5 Å². The normalized spacial score (nSPS) is 14.9. The minimum absolute atomic E-state index is 0.0311. The van der Waals surface area contributed by atoms with Crippen LogP contribution in [0.4, 0.5) is 4.79 Å². The maximum Gasteiger partial charge on any atom is 0.338 e. The Hall–Kier alpha value is -4.48. The molecular formula is C23H25N3O9. The number of carbonyl (C=O) groups is 4. The van der Waals surface area contributed by atoms with Crippen molar-refractivity contribution in [2.75, 3.05) is 34.0 Å². The van der Waals surface area contributed by atoms with Crippen molar-refractivity contribution in [2.45, 2.75) is 13.0 Å². The number of nitrogens with one attached hydrogen (secondary N) is 3. The van der Waals surface area contributed by atoms with E-state index in [0.717, 1.165) is 0 Å². The first-order valence-corrected chi connectivity index (χ1v) is 10.5. The van der Waals surface area contributed by atoms with Gasteiger partial charge in [-0.2, -0.15) is 0 Å². The molecule has 3 amide bonds. The lowest BCUT2D eigenvalue weighted by Gasteiger charge is -2.27. The Morgan fingerprint density at radius 3 is 2.51 bits per heavy atom. The van der Waals surface area contributed by atoms with Crippen LogP contribution in [0.1, 0.15) is 29.1 Å². The summed E-state index contributed by atoms with van der Waals surface area (Å²) in [5, 5.41) is 7.48. The molecule has 1 atom stereocenters. The van der Waals surface area contributed by atoms with Crippen LogP contribution in [-0.2, 0) is 19.1 Å². The molecule has 12 heteroatoms. The molecule has 1 unspecified atom stereocenters. The molecule has 1 aliphatic heterocycles. The lowest BCUT2D eigenvalue weighted by Crippen LogP contribution is -2.47. The number of furan rings is 1. The van der Waals surface area contributed by atoms with Gasteiger partial charge in [0.25, 0.3) is 5.91 Å². The summed E-state index contributed by atoms with van der Waals surface area (Å²) in [5.74, 6) is -0.942. The first-order valence-electron chi connectivity index (χ1n) is 10.5. The van der Waals surface area contributed by atoms with E-state index in [4.69, 9.17) is 23.4 Å². The summed E-state index contributed by atoms with van der Waals surface area (Å²) in [6, 6.07) is 6.18. The van der Waals surface area contributed by atoms with Crippen molar-refractivity contribution >= 4 is 23.9 Å². The average molecular weight is 487 g/mol. The molecule has 0 spiro atoms. The highest BCUT2D eigenvalue weighted by Crippen LogP contribution is 2.29. The Labute approximate surface area is 200 Å². The van der Waals surface area contributed by atoms with Crippen molar-refractivity contribution in [1.82, 2.24) is 16.0 Å². The van der Waals surface area contributed by atoms with E-state index in [1.807, 2.05) is 0 Å². The Morgan fingerprint density at radius 2 is 1.86 bits per heavy atom. The number of rotatable bonds is 10. The average Bonchev–Trinajstić information content (AvgIpc) is 3.40. The summed E-state index contributed by atoms with van der Waals surface area (Å²) in [6.45, 7) is 0.833. The fraction of sp³-hybridized carbons (Fsp3) is 0.304. The highest BCUT2D eigenvalue weighted by atomic mass is 16.5. The zero-order valence-corrected chi connectivity index (χ0v) is 19.3. The summed E-state index contributed by atoms with van der Waals surface area (Å²) < 4.78 is 25.9. The van der Waals surface area contributed by atoms with Crippen LogP contribution in [0.25, 0.3) is 0 Å². The molecule has 3 rings (SSSR count). The summed E-state index contributed by atoms with van der Waals surface area (Å²) >= 11 is 0. The van der Waals surface area contributed by atoms with Gasteiger partial charge in [-0.05, 0) is 37.3 Å². The molecular weight excluding hydrogens is 462 g/mol. The molecule has 0 saturated carbocycles. The van der Waals surface area contributed by atoms with E-state index < -0.39 is 43.1 Å². The second-order valence-electron chi connectivity index (χ2n) is 7.07. The SMILES string of the molecule is CCOC(=O)C1=C(COC(=O)CNC(=O)c2ccc(OC)c(OC)c2)NC(=O)NC1c1ccco1. The summed E-state index contributed by atoms with van der Waals surface area (Å²) in [7, 11) is 2.91. The van der Waals surface area contributed by atoms with Gasteiger partial charge in [0.05, 0.1) is 38.4 Å². The quantitative estimate of drug-likeness (QED) is 0.422. The Kier molecular flexibility index (Phi) is 8.33. The molecule has 0 saturated heterocycles. The topological polar surface area (TPSA) is 154 Å². The predicted molar refractivity (Wildman–Crippen MR) is 120 cm³/mol. The fourth-order valence-corrected chi connectivity index (χ4v) is 3.29. The zero-order valence-electron chi connectivity index (χ0n) is 19.3. The lowest BCUT2D eigenvalue weighted by molar-refractivity contribution is -0.142. The highest BCUT2D eigenvalue weighted by Gasteiger charge is 2.35. The third kappa shape index (κ3) is 6.10. The first kappa shape index (κ1) is 25.1. The van der Waals surface area contributed by atoms with Crippen molar-refractivity contribution in [1.29, 1.82) is 0 Å². The van der Waals surface area contributed by atoms with Gasteiger partial charge in [-0.3, -0.25) is 9.59 Å². The third-order valence-electron chi connectivity index (χ3n) is 4.89. The number of hydrogen-bond donors (Lipinski definition) is 3. The van der Waals surface area contributed by atoms with Crippen LogP contribution in [0, 0.1) is 0 Å². The van der Waals surface area contributed by atoms with E-state index in [0.29, 0.717) is 17.3 Å². The van der Waals surface area contributed by atoms with E-state index in [9.17, 15) is 19.2 Å². The highest BCUT2D eigenvalue weighted by molar-refractivity contribution is 5.97. The van der Waals surface area contributed by atoms with Gasteiger partial charge in [0.15, 0.2) is 11.5 Å². The van der Waals surface area contributed by atoms with Gasteiger partial charge in [0, 0.05) is 5.56 Å². The minimum Gasteiger partial charge on any atom is -0.493 e. The molecule has 1 aromatic carbocycles. The maximum absolute atomic E-state index is 12.6. The van der Waals surface area contributed by atoms with Gasteiger partial charge < -0.3 is 39.3 Å². The molecule has 0 bridgehead atoms. The smallest absolute Gasteiger partial charge is 0.338 e. The van der Waals surface area contributed by atoms with Crippen LogP contribution in [0.5, 0.6) is 11.5 Å². The second-order valence-corrected chi connectivity index (χ2v) is 7.07. The number of amides is 3. The van der Waals surface area contributed by atoms with Gasteiger partial charge in [-0.25, -0.2) is 9.59 Å². The van der Waals surface area contributed by atoms with Crippen molar-refractivity contribution in [3.05, 3.63) is 59.2 Å². The monoisotopic (exact) mass is 487 g/mol. The van der Waals surface area contributed by atoms with Crippen LogP contribution in [0.15, 0.2) is 52.3 Å². The molecule has 186 valence electrons. The number of hydrogen-bond acceptors (Lipinski definition) is 9. The molecule has 12 nitrogen and oxygen atoms in total. The molecule has 35 heavy (non-hydrogen) atoms. The van der Waals surface area contributed by atoms with Gasteiger partial charge in [0.1, 0.15) is 25.0 Å². The van der Waals surface area contributed by atoms with Gasteiger partial charge in [0.2, 0.25) is 0 Å². The summed E-state index contributed by atoms with van der Waals surface area (Å²) in [6.07, 6.45) is 1.40. The second kappa shape index (κ2) is 11.6. The molecule has 2 aromatic rings. The fourth-order valence-electron chi connectivity index (χ4n) is 3.29. The number of urea groups is 1. The maximum atomic E-state index is 12.6. The molecule has 1 aliphatic rings. The van der Waals surface area contributed by atoms with E-state index in [-0.39, 0.29) is 23.4 Å². The van der Waals surface area contributed by atoms with E-state index in [2.05, 4.69) is 16.0 Å². The molecule has 1 aromatic heterocycles. The molecule has 0 aliphatic carbocycles. The predicted octanol–water partition coefficient (Wildman–Crippen LogP) is 1.44. The lowest BCUT2D eigenvalue weighted by atomic mass is 10.0. The van der Waals surface area contributed by atoms with E-state index in [1.54, 1.807) is 25.1 Å². The van der Waals surface area contributed by atoms with E-state index >= 15 is 0 Å². The van der Waals surface area contributed by atoms with Gasteiger partial charge in [-0.1, -0.05) is 0 Å². The van der Waals surface area contributed by atoms with Gasteiger partial charge in [-0.15, -0.1) is 0 Å². The van der Waals surface area contributed by atoms with Crippen molar-refractivity contribution in [3.63, 3.8) is 0 Å². The van der Waals surface area contributed by atoms with Crippen LogP contribution in [0.3, 0.4) is 0 Å². The number of methoxy groups -OCH3 is 2. The number of carbonyl (C=O) groups excluding carboxylic acids is 4. The van der Waals surface area contributed by atoms with Crippen molar-refractivity contribution in [3.8, 4) is 11.5 Å².